The fourth-order valence-corrected chi connectivity index (χ4v) is 3.85. The van der Waals surface area contributed by atoms with Crippen LogP contribution in [0.1, 0.15) is 16.9 Å². The van der Waals surface area contributed by atoms with Crippen LogP contribution in [0.3, 0.4) is 0 Å². The number of pyridine rings is 2. The first-order valence-corrected chi connectivity index (χ1v) is 7.95. The molecule has 0 saturated heterocycles. The number of hydrogen-bond acceptors (Lipinski definition) is 2. The van der Waals surface area contributed by atoms with Crippen molar-refractivity contribution >= 4 is 40.5 Å². The fourth-order valence-electron chi connectivity index (χ4n) is 3.09. The number of imidazole rings is 1. The van der Waals surface area contributed by atoms with Crippen LogP contribution in [0.2, 0.25) is 5.15 Å². The number of halogens is 2. The minimum Gasteiger partial charge on any atom is -0.284 e. The van der Waals surface area contributed by atoms with E-state index in [0.717, 1.165) is 28.7 Å². The van der Waals surface area contributed by atoms with Gasteiger partial charge in [0.25, 0.3) is 11.6 Å². The van der Waals surface area contributed by atoms with Crippen molar-refractivity contribution in [2.45, 2.75) is 19.3 Å². The number of rotatable bonds is 1. The van der Waals surface area contributed by atoms with Crippen molar-refractivity contribution in [1.82, 2.24) is 9.38 Å². The van der Waals surface area contributed by atoms with Gasteiger partial charge in [-0.05, 0) is 32.0 Å². The molecule has 4 nitrogen and oxygen atoms in total. The monoisotopic (exact) mass is 333 g/mol. The maximum Gasteiger partial charge on any atom is 0.284 e. The van der Waals surface area contributed by atoms with E-state index in [1.807, 2.05) is 41.7 Å². The van der Waals surface area contributed by atoms with Crippen molar-refractivity contribution in [3.8, 4) is 0 Å². The molecule has 3 aromatic heterocycles. The van der Waals surface area contributed by atoms with Gasteiger partial charge in [-0.15, -0.1) is 0 Å². The summed E-state index contributed by atoms with van der Waals surface area (Å²) in [5.74, 6) is 1.77. The van der Waals surface area contributed by atoms with Crippen LogP contribution in [0.4, 0.5) is 11.6 Å². The third-order valence-electron chi connectivity index (χ3n) is 4.12. The predicted octanol–water partition coefficient (Wildman–Crippen LogP) is 3.78. The Balaban J connectivity index is 1.94. The summed E-state index contributed by atoms with van der Waals surface area (Å²) in [4.78, 5) is 6.79. The molecule has 0 N–H and O–H groups in total. The Morgan fingerprint density at radius 3 is 2.73 bits per heavy atom. The first kappa shape index (κ1) is 13.9. The van der Waals surface area contributed by atoms with Crippen LogP contribution in [-0.2, 0) is 0 Å². The second-order valence-corrected chi connectivity index (χ2v) is 6.39. The third-order valence-corrected chi connectivity index (χ3v) is 4.79. The van der Waals surface area contributed by atoms with E-state index in [2.05, 4.69) is 22.5 Å². The van der Waals surface area contributed by atoms with Gasteiger partial charge in [-0.25, -0.2) is 9.47 Å². The first-order valence-electron chi connectivity index (χ1n) is 7.14. The van der Waals surface area contributed by atoms with Crippen molar-refractivity contribution in [2.75, 3.05) is 11.4 Å². The second kappa shape index (κ2) is 4.86. The van der Waals surface area contributed by atoms with Gasteiger partial charge in [-0.1, -0.05) is 35.3 Å². The third kappa shape index (κ3) is 1.84. The molecule has 0 aliphatic carbocycles. The number of hydrogen-bond donors (Lipinski definition) is 0. The minimum absolute atomic E-state index is 0.127. The Morgan fingerprint density at radius 1 is 1.18 bits per heavy atom. The zero-order valence-corrected chi connectivity index (χ0v) is 13.8. The Morgan fingerprint density at radius 2 is 1.95 bits per heavy atom. The van der Waals surface area contributed by atoms with Crippen LogP contribution in [0.25, 0.3) is 5.65 Å². The minimum atomic E-state index is -0.127. The molecule has 112 valence electrons. The van der Waals surface area contributed by atoms with Gasteiger partial charge in [-0.3, -0.25) is 4.40 Å². The van der Waals surface area contributed by atoms with Crippen LogP contribution < -0.4 is 9.47 Å². The Bertz CT molecular complexity index is 887. The topological polar surface area (TPSA) is 24.4 Å². The van der Waals surface area contributed by atoms with Gasteiger partial charge in [-0.2, -0.15) is 4.98 Å². The van der Waals surface area contributed by atoms with Gasteiger partial charge >= 0.3 is 0 Å². The Kier molecular flexibility index (Phi) is 3.06. The average Bonchev–Trinajstić information content (AvgIpc) is 2.99. The summed E-state index contributed by atoms with van der Waals surface area (Å²) in [5, 5.41) is 0.618. The lowest BCUT2D eigenvalue weighted by Gasteiger charge is -2.07. The second-order valence-electron chi connectivity index (χ2n) is 5.53. The number of anilines is 2. The zero-order valence-electron chi connectivity index (χ0n) is 12.3. The molecule has 1 atom stereocenters. The van der Waals surface area contributed by atoms with Gasteiger partial charge in [0.05, 0.1) is 0 Å². The zero-order chi connectivity index (χ0) is 15.4. The maximum atomic E-state index is 6.60. The van der Waals surface area contributed by atoms with Crippen molar-refractivity contribution in [3.05, 3.63) is 52.9 Å². The van der Waals surface area contributed by atoms with E-state index >= 15 is 0 Å². The van der Waals surface area contributed by atoms with E-state index in [1.54, 1.807) is 0 Å². The van der Waals surface area contributed by atoms with E-state index in [0.29, 0.717) is 11.7 Å². The van der Waals surface area contributed by atoms with Crippen molar-refractivity contribution in [3.63, 3.8) is 0 Å². The van der Waals surface area contributed by atoms with Crippen LogP contribution in [0.5, 0.6) is 0 Å². The van der Waals surface area contributed by atoms with Crippen molar-refractivity contribution < 1.29 is 4.57 Å². The number of fused-ring (bicyclic) bond motifs is 2. The molecule has 4 heterocycles. The number of aryl methyl sites for hydroxylation is 2. The summed E-state index contributed by atoms with van der Waals surface area (Å²) in [6.45, 7) is 4.72. The molecule has 4 rings (SSSR count). The standard InChI is InChI=1S/C16H15Cl2N4/c1-10-6-4-8-14-20(9-12(17)21(10)14)16-15(18)22-11(2)5-3-7-13(22)19-16/h3-8,12H,9H2,1-2H3/q+1. The lowest BCUT2D eigenvalue weighted by molar-refractivity contribution is -0.682. The summed E-state index contributed by atoms with van der Waals surface area (Å²) < 4.78 is 4.06. The molecule has 1 aliphatic heterocycles. The van der Waals surface area contributed by atoms with E-state index < -0.39 is 0 Å². The van der Waals surface area contributed by atoms with Crippen LogP contribution in [0, 0.1) is 13.8 Å². The molecule has 1 unspecified atom stereocenters. The van der Waals surface area contributed by atoms with Crippen LogP contribution >= 0.6 is 23.2 Å². The first-order chi connectivity index (χ1) is 10.6. The molecular weight excluding hydrogens is 319 g/mol. The summed E-state index contributed by atoms with van der Waals surface area (Å²) in [7, 11) is 0. The normalized spacial score (nSPS) is 17.3. The smallest absolute Gasteiger partial charge is 0.284 e. The highest BCUT2D eigenvalue weighted by Gasteiger charge is 2.40. The predicted molar refractivity (Wildman–Crippen MR) is 88.2 cm³/mol. The van der Waals surface area contributed by atoms with Gasteiger partial charge in [0.15, 0.2) is 5.15 Å². The summed E-state index contributed by atoms with van der Waals surface area (Å²) >= 11 is 13.1. The molecule has 0 fully saturated rings. The summed E-state index contributed by atoms with van der Waals surface area (Å²) in [6.07, 6.45) is 0. The molecular formula is C16H15Cl2N4+. The highest BCUT2D eigenvalue weighted by atomic mass is 35.5. The molecule has 0 radical (unpaired) electrons. The average molecular weight is 334 g/mol. The summed E-state index contributed by atoms with van der Waals surface area (Å²) in [5.41, 5.74) is 2.89. The van der Waals surface area contributed by atoms with Gasteiger partial charge in [0.1, 0.15) is 17.9 Å². The molecule has 1 aliphatic rings. The SMILES string of the molecule is Cc1cccc2nc(N3CC(Cl)[n+]4c(C)cccc43)c(Cl)n12. The van der Waals surface area contributed by atoms with E-state index in [1.165, 1.54) is 0 Å². The van der Waals surface area contributed by atoms with Gasteiger partial charge < -0.3 is 0 Å². The molecule has 6 heteroatoms. The van der Waals surface area contributed by atoms with E-state index in [9.17, 15) is 0 Å². The van der Waals surface area contributed by atoms with E-state index in [4.69, 9.17) is 28.2 Å². The van der Waals surface area contributed by atoms with E-state index in [-0.39, 0.29) is 5.50 Å². The molecule has 0 amide bonds. The maximum absolute atomic E-state index is 6.60. The summed E-state index contributed by atoms with van der Waals surface area (Å²) in [6, 6.07) is 12.1. The van der Waals surface area contributed by atoms with Crippen LogP contribution in [0.15, 0.2) is 36.4 Å². The number of nitrogens with zero attached hydrogens (tertiary/aromatic N) is 4. The quantitative estimate of drug-likeness (QED) is 0.500. The molecule has 0 spiro atoms. The lowest BCUT2D eigenvalue weighted by Crippen LogP contribution is -2.36. The highest BCUT2D eigenvalue weighted by molar-refractivity contribution is 6.32. The number of aromatic nitrogens is 3. The van der Waals surface area contributed by atoms with Crippen LogP contribution in [-0.4, -0.2) is 15.9 Å². The van der Waals surface area contributed by atoms with Gasteiger partial charge in [0.2, 0.25) is 5.50 Å². The largest absolute Gasteiger partial charge is 0.284 e. The molecule has 0 saturated carbocycles. The van der Waals surface area contributed by atoms with Crippen molar-refractivity contribution in [1.29, 1.82) is 0 Å². The number of alkyl halides is 1. The van der Waals surface area contributed by atoms with Gasteiger partial charge in [0, 0.05) is 11.8 Å². The molecule has 22 heavy (non-hydrogen) atoms. The molecule has 0 bridgehead atoms. The Hall–Kier alpha value is -1.78. The molecule has 3 aromatic rings. The molecule has 0 aromatic carbocycles. The Labute approximate surface area is 138 Å². The fraction of sp³-hybridized carbons (Fsp3) is 0.250. The van der Waals surface area contributed by atoms with Crippen molar-refractivity contribution in [2.24, 2.45) is 0 Å². The highest BCUT2D eigenvalue weighted by Crippen LogP contribution is 2.36. The lowest BCUT2D eigenvalue weighted by atomic mass is 10.3.